The molecule has 3 aliphatic rings. The number of fused-ring (bicyclic) bond motifs is 3. The highest BCUT2D eigenvalue weighted by molar-refractivity contribution is 6.32. The lowest BCUT2D eigenvalue weighted by Crippen LogP contribution is -2.74. The molecule has 0 heterocycles. The van der Waals surface area contributed by atoms with E-state index < -0.39 is 75.9 Å². The fraction of sp³-hybridized carbons (Fsp3) is 0.522. The third-order valence-electron chi connectivity index (χ3n) is 7.47. The largest absolute Gasteiger partial charge is 0.504 e. The number of hydrogen-bond donors (Lipinski definition) is 3. The highest BCUT2D eigenvalue weighted by Crippen LogP contribution is 2.52. The number of aromatic hydroxyl groups is 1. The van der Waals surface area contributed by atoms with Crippen LogP contribution in [0.15, 0.2) is 6.07 Å². The zero-order valence-corrected chi connectivity index (χ0v) is 19.2. The first-order valence-electron chi connectivity index (χ1n) is 10.8. The summed E-state index contributed by atoms with van der Waals surface area (Å²) in [6.45, 7) is 0. The van der Waals surface area contributed by atoms with Gasteiger partial charge in [-0.3, -0.25) is 28.9 Å². The first-order chi connectivity index (χ1) is 15.7. The van der Waals surface area contributed by atoms with E-state index >= 15 is 0 Å². The Bertz CT molecular complexity index is 1160. The van der Waals surface area contributed by atoms with Gasteiger partial charge in [-0.05, 0) is 38.4 Å². The number of likely N-dealkylation sites (N-methyl/N-ethyl adjacent to an activating group) is 1. The number of nitrogens with two attached hydrogens (primary N) is 1. The van der Waals surface area contributed by atoms with E-state index in [0.717, 1.165) is 6.07 Å². The van der Waals surface area contributed by atoms with Gasteiger partial charge in [-0.2, -0.15) is 0 Å². The third kappa shape index (κ3) is 2.96. The van der Waals surface area contributed by atoms with Crippen LogP contribution in [0.25, 0.3) is 0 Å². The van der Waals surface area contributed by atoms with Gasteiger partial charge < -0.3 is 20.8 Å². The van der Waals surface area contributed by atoms with Crippen LogP contribution in [0.1, 0.15) is 22.3 Å². The molecule has 1 aromatic rings. The SMILES string of the molecule is CN(C)c1cc(F)c(O)c2c1C[C@H]1C[C@H]3[C@H](N(C)C)C(=O)C(C(N)=O)C(=O)[C@@]3(O)C(=O)C1C2=O. The minimum atomic E-state index is -2.80. The molecule has 34 heavy (non-hydrogen) atoms. The number of primary amides is 1. The molecule has 0 aliphatic heterocycles. The highest BCUT2D eigenvalue weighted by Gasteiger charge is 2.69. The molecule has 1 aromatic carbocycles. The maximum Gasteiger partial charge on any atom is 0.235 e. The van der Waals surface area contributed by atoms with Crippen molar-refractivity contribution in [2.24, 2.45) is 29.4 Å². The van der Waals surface area contributed by atoms with Crippen molar-refractivity contribution in [3.05, 3.63) is 23.0 Å². The van der Waals surface area contributed by atoms with Gasteiger partial charge in [-0.1, -0.05) is 0 Å². The molecule has 11 heteroatoms. The van der Waals surface area contributed by atoms with Crippen molar-refractivity contribution in [2.75, 3.05) is 33.1 Å². The molecule has 182 valence electrons. The van der Waals surface area contributed by atoms with Gasteiger partial charge in [0, 0.05) is 31.8 Å². The van der Waals surface area contributed by atoms with E-state index in [2.05, 4.69) is 0 Å². The van der Waals surface area contributed by atoms with Crippen LogP contribution in [0.3, 0.4) is 0 Å². The monoisotopic (exact) mass is 475 g/mol. The van der Waals surface area contributed by atoms with Gasteiger partial charge in [0.1, 0.15) is 0 Å². The van der Waals surface area contributed by atoms with Crippen LogP contribution >= 0.6 is 0 Å². The van der Waals surface area contributed by atoms with Crippen molar-refractivity contribution >= 4 is 34.7 Å². The molecular weight excluding hydrogens is 449 g/mol. The second-order valence-corrected chi connectivity index (χ2v) is 9.76. The molecule has 6 atom stereocenters. The predicted molar refractivity (Wildman–Crippen MR) is 116 cm³/mol. The lowest BCUT2D eigenvalue weighted by atomic mass is 9.52. The van der Waals surface area contributed by atoms with Gasteiger partial charge in [0.05, 0.1) is 17.5 Å². The van der Waals surface area contributed by atoms with Crippen molar-refractivity contribution < 1.29 is 38.6 Å². The Morgan fingerprint density at radius 2 is 1.76 bits per heavy atom. The molecule has 10 nitrogen and oxygen atoms in total. The molecule has 4 rings (SSSR count). The summed E-state index contributed by atoms with van der Waals surface area (Å²) in [5.74, 6) is -13.0. The van der Waals surface area contributed by atoms with E-state index in [9.17, 15) is 38.6 Å². The van der Waals surface area contributed by atoms with Crippen molar-refractivity contribution in [2.45, 2.75) is 24.5 Å². The number of carbonyl (C=O) groups excluding carboxylic acids is 5. The number of rotatable bonds is 3. The van der Waals surface area contributed by atoms with Crippen LogP contribution < -0.4 is 10.6 Å². The number of benzene rings is 1. The quantitative estimate of drug-likeness (QED) is 0.470. The van der Waals surface area contributed by atoms with Crippen LogP contribution in [-0.2, 0) is 25.6 Å². The number of carbonyl (C=O) groups is 5. The summed E-state index contributed by atoms with van der Waals surface area (Å²) in [5.41, 5.74) is 2.80. The van der Waals surface area contributed by atoms with Gasteiger partial charge >= 0.3 is 0 Å². The van der Waals surface area contributed by atoms with Gasteiger partial charge in [0.2, 0.25) is 5.91 Å². The zero-order valence-electron chi connectivity index (χ0n) is 19.2. The molecule has 3 aliphatic carbocycles. The van der Waals surface area contributed by atoms with Gasteiger partial charge in [-0.25, -0.2) is 4.39 Å². The summed E-state index contributed by atoms with van der Waals surface area (Å²) in [5, 5.41) is 21.8. The fourth-order valence-electron chi connectivity index (χ4n) is 6.02. The second kappa shape index (κ2) is 7.67. The Labute approximate surface area is 194 Å². The number of aliphatic hydroxyl groups is 1. The number of phenolic OH excluding ortho intramolecular Hbond substituents is 1. The van der Waals surface area contributed by atoms with E-state index in [-0.39, 0.29) is 18.4 Å². The van der Waals surface area contributed by atoms with Crippen molar-refractivity contribution in [3.63, 3.8) is 0 Å². The van der Waals surface area contributed by atoms with Crippen LogP contribution in [0.2, 0.25) is 0 Å². The lowest BCUT2D eigenvalue weighted by Gasteiger charge is -2.52. The molecule has 2 fully saturated rings. The number of anilines is 1. The van der Waals surface area contributed by atoms with Crippen molar-refractivity contribution in [1.29, 1.82) is 0 Å². The summed E-state index contributed by atoms with van der Waals surface area (Å²) >= 11 is 0. The molecule has 0 radical (unpaired) electrons. The van der Waals surface area contributed by atoms with Crippen molar-refractivity contribution in [1.82, 2.24) is 4.90 Å². The lowest BCUT2D eigenvalue weighted by molar-refractivity contribution is -0.181. The third-order valence-corrected chi connectivity index (χ3v) is 7.47. The van der Waals surface area contributed by atoms with Crippen LogP contribution in [-0.4, -0.2) is 84.0 Å². The summed E-state index contributed by atoms with van der Waals surface area (Å²) < 4.78 is 14.4. The van der Waals surface area contributed by atoms with E-state index in [0.29, 0.717) is 11.3 Å². The number of hydrogen-bond acceptors (Lipinski definition) is 9. The van der Waals surface area contributed by atoms with Crippen LogP contribution in [0, 0.1) is 29.5 Å². The minimum absolute atomic E-state index is 0.0606. The van der Waals surface area contributed by atoms with Crippen LogP contribution in [0.4, 0.5) is 10.1 Å². The number of ketones is 4. The van der Waals surface area contributed by atoms with E-state index in [1.165, 1.54) is 19.0 Å². The molecule has 1 amide bonds. The topological polar surface area (TPSA) is 158 Å². The van der Waals surface area contributed by atoms with Crippen molar-refractivity contribution in [3.8, 4) is 5.75 Å². The molecule has 4 N–H and O–H groups in total. The Balaban J connectivity index is 1.91. The smallest absolute Gasteiger partial charge is 0.235 e. The zero-order chi connectivity index (χ0) is 25.4. The fourth-order valence-corrected chi connectivity index (χ4v) is 6.02. The Hall–Kier alpha value is -3.18. The molecule has 0 saturated heterocycles. The molecule has 2 unspecified atom stereocenters. The number of Topliss-reactive ketones (excluding diaryl/α,β-unsaturated/α-hetero) is 4. The summed E-state index contributed by atoms with van der Waals surface area (Å²) in [4.78, 5) is 68.3. The highest BCUT2D eigenvalue weighted by atomic mass is 19.1. The number of halogens is 1. The Morgan fingerprint density at radius 3 is 2.29 bits per heavy atom. The standard InChI is InChI=1S/C23H26FN3O7/c1-26(2)12-7-11(24)17(28)14-9(12)5-8-6-10-16(27(3)4)19(30)15(22(25)33)21(32)23(10,34)20(31)13(8)18(14)29/h7-8,10,13,15-16,28,34H,5-6H2,1-4H3,(H2,25,33)/t8-,10-,13?,15?,16-,23-/m0/s1. The number of phenols is 1. The van der Waals surface area contributed by atoms with Gasteiger partial charge in [0.15, 0.2) is 46.2 Å². The first-order valence-corrected chi connectivity index (χ1v) is 10.8. The number of amides is 1. The summed E-state index contributed by atoms with van der Waals surface area (Å²) in [7, 11) is 6.30. The normalized spacial score (nSPS) is 32.9. The number of nitrogens with zero attached hydrogens (tertiary/aromatic N) is 2. The average molecular weight is 475 g/mol. The maximum atomic E-state index is 14.4. The summed E-state index contributed by atoms with van der Waals surface area (Å²) in [6.07, 6.45) is 0.0160. The van der Waals surface area contributed by atoms with Gasteiger partial charge in [0.25, 0.3) is 0 Å². The maximum absolute atomic E-state index is 14.4. The predicted octanol–water partition coefficient (Wildman–Crippen LogP) is -0.928. The average Bonchev–Trinajstić information content (AvgIpc) is 2.72. The van der Waals surface area contributed by atoms with Crippen LogP contribution in [0.5, 0.6) is 5.75 Å². The Morgan fingerprint density at radius 1 is 1.15 bits per heavy atom. The molecular formula is C23H26FN3O7. The summed E-state index contributed by atoms with van der Waals surface area (Å²) in [6, 6.07) is -0.0761. The molecule has 0 bridgehead atoms. The van der Waals surface area contributed by atoms with E-state index in [4.69, 9.17) is 5.73 Å². The van der Waals surface area contributed by atoms with Gasteiger partial charge in [-0.15, -0.1) is 0 Å². The minimum Gasteiger partial charge on any atom is -0.504 e. The van der Waals surface area contributed by atoms with E-state index in [1.807, 2.05) is 0 Å². The van der Waals surface area contributed by atoms with E-state index in [1.54, 1.807) is 19.0 Å². The molecule has 0 spiro atoms. The molecule has 0 aromatic heterocycles. The Kier molecular flexibility index (Phi) is 5.41. The first kappa shape index (κ1) is 24.0. The molecule has 2 saturated carbocycles. The second-order valence-electron chi connectivity index (χ2n) is 9.76.